The number of rotatable bonds is 8. The zero-order chi connectivity index (χ0) is 17.7. The van der Waals surface area contributed by atoms with Crippen LogP contribution in [0.4, 0.5) is 0 Å². The summed E-state index contributed by atoms with van der Waals surface area (Å²) in [6.07, 6.45) is 4.88. The molecule has 1 fully saturated rings. The van der Waals surface area contributed by atoms with E-state index in [-0.39, 0.29) is 17.6 Å². The molecule has 1 aliphatic rings. The second-order valence-electron chi connectivity index (χ2n) is 5.72. The van der Waals surface area contributed by atoms with Gasteiger partial charge in [-0.2, -0.15) is 0 Å². The largest absolute Gasteiger partial charge is 0.500 e. The summed E-state index contributed by atoms with van der Waals surface area (Å²) in [6.45, 7) is 4.67. The Bertz CT molecular complexity index is 633. The quantitative estimate of drug-likeness (QED) is 0.310. The molecule has 0 radical (unpaired) electrons. The van der Waals surface area contributed by atoms with Gasteiger partial charge in [-0.25, -0.2) is 9.78 Å². The van der Waals surface area contributed by atoms with Crippen molar-refractivity contribution in [3.05, 3.63) is 34.0 Å². The summed E-state index contributed by atoms with van der Waals surface area (Å²) in [4.78, 5) is 16.0. The summed E-state index contributed by atoms with van der Waals surface area (Å²) < 4.78 is 20.8. The van der Waals surface area contributed by atoms with Gasteiger partial charge in [-0.05, 0) is 13.0 Å². The monoisotopic (exact) mass is 353 g/mol. The summed E-state index contributed by atoms with van der Waals surface area (Å²) in [7, 11) is 4.46. The Kier molecular flexibility index (Phi) is 6.15. The fourth-order valence-electron chi connectivity index (χ4n) is 2.19. The topological polar surface area (TPSA) is 70.2 Å². The van der Waals surface area contributed by atoms with Gasteiger partial charge in [-0.3, -0.25) is 0 Å². The van der Waals surface area contributed by atoms with E-state index < -0.39 is 5.97 Å². The molecule has 3 atom stereocenters. The summed E-state index contributed by atoms with van der Waals surface area (Å²) in [6, 6.07) is 0. The van der Waals surface area contributed by atoms with Gasteiger partial charge in [0.1, 0.15) is 16.4 Å². The third-order valence-electron chi connectivity index (χ3n) is 3.92. The van der Waals surface area contributed by atoms with Crippen LogP contribution in [-0.2, 0) is 29.3 Å². The number of thiazole rings is 1. The molecule has 0 N–H and O–H groups in total. The molecule has 0 amide bonds. The summed E-state index contributed by atoms with van der Waals surface area (Å²) in [5.41, 5.74) is 0.647. The lowest BCUT2D eigenvalue weighted by atomic mass is 10.0. The molecule has 1 aromatic heterocycles. The summed E-state index contributed by atoms with van der Waals surface area (Å²) in [5, 5.41) is 2.96. The van der Waals surface area contributed by atoms with Crippen molar-refractivity contribution in [3.63, 3.8) is 0 Å². The van der Waals surface area contributed by atoms with E-state index in [0.717, 1.165) is 17.3 Å². The maximum Gasteiger partial charge on any atom is 0.333 e. The van der Waals surface area contributed by atoms with Crippen LogP contribution in [0.1, 0.15) is 24.5 Å². The van der Waals surface area contributed by atoms with Crippen LogP contribution in [0, 0.1) is 5.92 Å². The van der Waals surface area contributed by atoms with Crippen molar-refractivity contribution in [2.45, 2.75) is 25.6 Å². The Hall–Kier alpha value is -1.70. The van der Waals surface area contributed by atoms with Crippen LogP contribution in [0.3, 0.4) is 0 Å². The first-order chi connectivity index (χ1) is 11.4. The van der Waals surface area contributed by atoms with Crippen LogP contribution in [-0.4, -0.2) is 45.0 Å². The number of esters is 1. The predicted molar refractivity (Wildman–Crippen MR) is 91.5 cm³/mol. The van der Waals surface area contributed by atoms with Crippen molar-refractivity contribution < 1.29 is 23.7 Å². The van der Waals surface area contributed by atoms with Crippen molar-refractivity contribution in [2.75, 3.05) is 27.9 Å². The summed E-state index contributed by atoms with van der Waals surface area (Å²) >= 11 is 1.58. The van der Waals surface area contributed by atoms with E-state index in [9.17, 15) is 4.79 Å². The van der Waals surface area contributed by atoms with Gasteiger partial charge in [-0.1, -0.05) is 13.0 Å². The molecule has 0 aliphatic carbocycles. The maximum atomic E-state index is 11.4. The number of hydrogen-bond donors (Lipinski definition) is 0. The van der Waals surface area contributed by atoms with Crippen LogP contribution < -0.4 is 0 Å². The maximum absolute atomic E-state index is 11.4. The Balaban J connectivity index is 2.08. The molecule has 2 heterocycles. The van der Waals surface area contributed by atoms with Crippen LogP contribution in [0.2, 0.25) is 0 Å². The first kappa shape index (κ1) is 18.6. The zero-order valence-corrected chi connectivity index (χ0v) is 15.4. The Morgan fingerprint density at radius 3 is 2.67 bits per heavy atom. The van der Waals surface area contributed by atoms with Gasteiger partial charge in [0.2, 0.25) is 0 Å². The minimum Gasteiger partial charge on any atom is -0.500 e. The van der Waals surface area contributed by atoms with Gasteiger partial charge in [0.05, 0.1) is 38.7 Å². The van der Waals surface area contributed by atoms with Gasteiger partial charge in [0.25, 0.3) is 0 Å². The highest BCUT2D eigenvalue weighted by Gasteiger charge is 2.43. The SMILES string of the molecule is COC(=O)C=C(OC)C(C)C(C=Cc1csc(C2(C)CO2)n1)OC. The number of aromatic nitrogens is 1. The third-order valence-corrected chi connectivity index (χ3v) is 5.02. The molecular formula is C17H23NO5S. The van der Waals surface area contributed by atoms with Gasteiger partial charge >= 0.3 is 5.97 Å². The minimum atomic E-state index is -0.459. The highest BCUT2D eigenvalue weighted by atomic mass is 32.1. The number of hydrogen-bond acceptors (Lipinski definition) is 7. The molecule has 24 heavy (non-hydrogen) atoms. The second-order valence-corrected chi connectivity index (χ2v) is 6.58. The fraction of sp³-hybridized carbons (Fsp3) is 0.529. The lowest BCUT2D eigenvalue weighted by Crippen LogP contribution is -2.21. The van der Waals surface area contributed by atoms with Crippen molar-refractivity contribution in [1.29, 1.82) is 0 Å². The van der Waals surface area contributed by atoms with E-state index in [0.29, 0.717) is 5.76 Å². The third kappa shape index (κ3) is 4.43. The minimum absolute atomic E-state index is 0.155. The molecule has 132 valence electrons. The van der Waals surface area contributed by atoms with Gasteiger partial charge in [-0.15, -0.1) is 11.3 Å². The van der Waals surface area contributed by atoms with E-state index in [2.05, 4.69) is 9.72 Å². The number of methoxy groups -OCH3 is 3. The average molecular weight is 353 g/mol. The van der Waals surface area contributed by atoms with Gasteiger partial charge in [0.15, 0.2) is 0 Å². The standard InChI is InChI=1S/C17H23NO5S/c1-11(14(21-4)8-15(19)22-5)13(20-3)7-6-12-9-24-16(18-12)17(2)10-23-17/h6-9,11,13H,10H2,1-5H3. The first-order valence-corrected chi connectivity index (χ1v) is 8.46. The molecule has 1 saturated heterocycles. The van der Waals surface area contributed by atoms with Crippen LogP contribution in [0.15, 0.2) is 23.3 Å². The summed E-state index contributed by atoms with van der Waals surface area (Å²) in [5.74, 6) is -0.117. The fourth-order valence-corrected chi connectivity index (χ4v) is 3.08. The average Bonchev–Trinajstić information content (AvgIpc) is 3.15. The van der Waals surface area contributed by atoms with Gasteiger partial charge < -0.3 is 18.9 Å². The molecule has 7 heteroatoms. The van der Waals surface area contributed by atoms with E-state index in [1.165, 1.54) is 20.3 Å². The number of ether oxygens (including phenoxy) is 4. The number of nitrogens with zero attached hydrogens (tertiary/aromatic N) is 1. The lowest BCUT2D eigenvalue weighted by Gasteiger charge is -2.21. The molecular weight excluding hydrogens is 330 g/mol. The van der Waals surface area contributed by atoms with E-state index in [4.69, 9.17) is 14.2 Å². The van der Waals surface area contributed by atoms with Crippen molar-refractivity contribution >= 4 is 23.4 Å². The van der Waals surface area contributed by atoms with Crippen molar-refractivity contribution in [3.8, 4) is 0 Å². The smallest absolute Gasteiger partial charge is 0.333 e. The molecule has 0 spiro atoms. The van der Waals surface area contributed by atoms with Crippen LogP contribution in [0.5, 0.6) is 0 Å². The zero-order valence-electron chi connectivity index (χ0n) is 14.6. The lowest BCUT2D eigenvalue weighted by molar-refractivity contribution is -0.135. The molecule has 2 rings (SSSR count). The van der Waals surface area contributed by atoms with Crippen molar-refractivity contribution in [2.24, 2.45) is 5.92 Å². The number of carbonyl (C=O) groups excluding carboxylic acids is 1. The normalized spacial score (nSPS) is 23.1. The molecule has 1 aliphatic heterocycles. The molecule has 3 unspecified atom stereocenters. The Morgan fingerprint density at radius 1 is 1.42 bits per heavy atom. The molecule has 1 aromatic rings. The second kappa shape index (κ2) is 7.92. The first-order valence-electron chi connectivity index (χ1n) is 7.58. The molecule has 0 aromatic carbocycles. The van der Waals surface area contributed by atoms with E-state index in [1.54, 1.807) is 18.4 Å². The van der Waals surface area contributed by atoms with Crippen molar-refractivity contribution in [1.82, 2.24) is 4.98 Å². The molecule has 0 saturated carbocycles. The highest BCUT2D eigenvalue weighted by Crippen LogP contribution is 2.39. The molecule has 0 bridgehead atoms. The Morgan fingerprint density at radius 2 is 2.12 bits per heavy atom. The van der Waals surface area contributed by atoms with Crippen LogP contribution >= 0.6 is 11.3 Å². The highest BCUT2D eigenvalue weighted by molar-refractivity contribution is 7.09. The van der Waals surface area contributed by atoms with E-state index in [1.807, 2.05) is 31.4 Å². The molecule has 6 nitrogen and oxygen atoms in total. The van der Waals surface area contributed by atoms with Gasteiger partial charge in [0, 0.05) is 18.4 Å². The number of epoxide rings is 1. The van der Waals surface area contributed by atoms with E-state index >= 15 is 0 Å². The van der Waals surface area contributed by atoms with Crippen LogP contribution in [0.25, 0.3) is 6.08 Å². The Labute approximate surface area is 146 Å². The predicted octanol–water partition coefficient (Wildman–Crippen LogP) is 2.76. The number of carbonyl (C=O) groups is 1.